The SMILES string of the molecule is COC(=O)CCc1ccc(OCCc2nc(-c3ccccc3)oc2C)c2c1CN(C(=O)OC(C)(C)C)C2. The minimum absolute atomic E-state index is 0.269. The summed E-state index contributed by atoms with van der Waals surface area (Å²) in [5, 5.41) is 0. The number of esters is 1. The van der Waals surface area contributed by atoms with Crippen molar-refractivity contribution < 1.29 is 28.2 Å². The summed E-state index contributed by atoms with van der Waals surface area (Å²) in [4.78, 5) is 30.8. The van der Waals surface area contributed by atoms with E-state index in [1.165, 1.54) is 7.11 Å². The van der Waals surface area contributed by atoms with Crippen molar-refractivity contribution in [1.29, 1.82) is 0 Å². The van der Waals surface area contributed by atoms with Gasteiger partial charge in [0, 0.05) is 24.0 Å². The molecule has 0 saturated carbocycles. The number of carbonyl (C=O) groups is 2. The highest BCUT2D eigenvalue weighted by Gasteiger charge is 2.31. The minimum Gasteiger partial charge on any atom is -0.493 e. The number of carbonyl (C=O) groups excluding carboxylic acids is 2. The maximum Gasteiger partial charge on any atom is 0.410 e. The molecule has 1 aromatic heterocycles. The summed E-state index contributed by atoms with van der Waals surface area (Å²) in [6, 6.07) is 13.7. The molecule has 3 aromatic rings. The zero-order valence-electron chi connectivity index (χ0n) is 22.1. The second-order valence-electron chi connectivity index (χ2n) is 10.1. The molecule has 37 heavy (non-hydrogen) atoms. The number of methoxy groups -OCH3 is 1. The van der Waals surface area contributed by atoms with Gasteiger partial charge in [-0.15, -0.1) is 0 Å². The number of benzene rings is 2. The van der Waals surface area contributed by atoms with Crippen molar-refractivity contribution in [1.82, 2.24) is 9.88 Å². The molecule has 2 aromatic carbocycles. The summed E-state index contributed by atoms with van der Waals surface area (Å²) >= 11 is 0. The molecule has 0 bridgehead atoms. The van der Waals surface area contributed by atoms with Crippen LogP contribution in [-0.4, -0.2) is 41.3 Å². The predicted octanol–water partition coefficient (Wildman–Crippen LogP) is 5.63. The molecule has 1 amide bonds. The van der Waals surface area contributed by atoms with Crippen molar-refractivity contribution in [2.45, 2.75) is 65.6 Å². The lowest BCUT2D eigenvalue weighted by atomic mass is 9.99. The second kappa shape index (κ2) is 11.1. The van der Waals surface area contributed by atoms with Crippen LogP contribution in [0.25, 0.3) is 11.5 Å². The van der Waals surface area contributed by atoms with E-state index in [4.69, 9.17) is 18.6 Å². The zero-order chi connectivity index (χ0) is 26.6. The van der Waals surface area contributed by atoms with Crippen LogP contribution in [0.15, 0.2) is 46.9 Å². The highest BCUT2D eigenvalue weighted by Crippen LogP contribution is 2.35. The first-order valence-corrected chi connectivity index (χ1v) is 12.5. The Morgan fingerprint density at radius 3 is 2.46 bits per heavy atom. The topological polar surface area (TPSA) is 91.1 Å². The smallest absolute Gasteiger partial charge is 0.410 e. The molecule has 0 saturated heterocycles. The van der Waals surface area contributed by atoms with E-state index < -0.39 is 5.60 Å². The highest BCUT2D eigenvalue weighted by atomic mass is 16.6. The molecular formula is C29H34N2O6. The highest BCUT2D eigenvalue weighted by molar-refractivity contribution is 5.71. The lowest BCUT2D eigenvalue weighted by Gasteiger charge is -2.24. The van der Waals surface area contributed by atoms with Crippen molar-refractivity contribution in [3.8, 4) is 17.2 Å². The Labute approximate surface area is 217 Å². The van der Waals surface area contributed by atoms with E-state index in [-0.39, 0.29) is 18.5 Å². The Balaban J connectivity index is 1.48. The largest absolute Gasteiger partial charge is 0.493 e. The molecule has 1 aliphatic rings. The van der Waals surface area contributed by atoms with Crippen LogP contribution in [0, 0.1) is 6.92 Å². The number of aromatic nitrogens is 1. The molecule has 0 aliphatic carbocycles. The monoisotopic (exact) mass is 506 g/mol. The van der Waals surface area contributed by atoms with E-state index in [1.54, 1.807) is 4.90 Å². The number of aryl methyl sites for hydroxylation is 2. The van der Waals surface area contributed by atoms with Crippen molar-refractivity contribution in [3.05, 3.63) is 70.6 Å². The van der Waals surface area contributed by atoms with Crippen LogP contribution in [0.1, 0.15) is 55.3 Å². The Bertz CT molecular complexity index is 1260. The number of ether oxygens (including phenoxy) is 3. The molecule has 8 nitrogen and oxygen atoms in total. The first-order chi connectivity index (χ1) is 17.6. The molecule has 0 radical (unpaired) electrons. The number of hydrogen-bond donors (Lipinski definition) is 0. The Morgan fingerprint density at radius 1 is 1.03 bits per heavy atom. The third-order valence-electron chi connectivity index (χ3n) is 6.17. The van der Waals surface area contributed by atoms with Gasteiger partial charge in [-0.25, -0.2) is 9.78 Å². The van der Waals surface area contributed by atoms with Gasteiger partial charge in [0.1, 0.15) is 17.1 Å². The Hall–Kier alpha value is -3.81. The number of oxazole rings is 1. The van der Waals surface area contributed by atoms with Crippen LogP contribution in [0.5, 0.6) is 5.75 Å². The summed E-state index contributed by atoms with van der Waals surface area (Å²) < 4.78 is 22.5. The molecule has 4 rings (SSSR count). The molecule has 2 heterocycles. The quantitative estimate of drug-likeness (QED) is 0.366. The third-order valence-corrected chi connectivity index (χ3v) is 6.17. The van der Waals surface area contributed by atoms with Gasteiger partial charge in [-0.1, -0.05) is 24.3 Å². The van der Waals surface area contributed by atoms with Crippen molar-refractivity contribution in [3.63, 3.8) is 0 Å². The van der Waals surface area contributed by atoms with E-state index in [0.717, 1.165) is 33.7 Å². The van der Waals surface area contributed by atoms with Gasteiger partial charge in [-0.3, -0.25) is 9.69 Å². The first-order valence-electron chi connectivity index (χ1n) is 12.5. The van der Waals surface area contributed by atoms with Crippen LogP contribution in [0.2, 0.25) is 0 Å². The standard InChI is InChI=1S/C29H34N2O6/c1-19-24(30-27(36-19)21-9-7-6-8-10-21)15-16-35-25-13-11-20(12-14-26(32)34-5)22-17-31(18-23(22)25)28(33)37-29(2,3)4/h6-11,13H,12,14-18H2,1-5H3. The number of hydrogen-bond acceptors (Lipinski definition) is 7. The fourth-order valence-corrected chi connectivity index (χ4v) is 4.31. The number of amides is 1. The van der Waals surface area contributed by atoms with E-state index in [2.05, 4.69) is 4.98 Å². The van der Waals surface area contributed by atoms with E-state index in [9.17, 15) is 9.59 Å². The average molecular weight is 507 g/mol. The van der Waals surface area contributed by atoms with Crippen LogP contribution in [0.3, 0.4) is 0 Å². The van der Waals surface area contributed by atoms with Gasteiger partial charge < -0.3 is 18.6 Å². The summed E-state index contributed by atoms with van der Waals surface area (Å²) in [5.41, 5.74) is 4.12. The first kappa shape index (κ1) is 26.3. The van der Waals surface area contributed by atoms with Gasteiger partial charge in [0.25, 0.3) is 0 Å². The third kappa shape index (κ3) is 6.50. The molecule has 0 fully saturated rings. The van der Waals surface area contributed by atoms with E-state index in [1.807, 2.05) is 70.2 Å². The van der Waals surface area contributed by atoms with Gasteiger partial charge >= 0.3 is 12.1 Å². The lowest BCUT2D eigenvalue weighted by Crippen LogP contribution is -2.33. The van der Waals surface area contributed by atoms with Crippen LogP contribution in [0.4, 0.5) is 4.79 Å². The normalized spacial score (nSPS) is 12.8. The Kier molecular flexibility index (Phi) is 7.86. The fraction of sp³-hybridized carbons (Fsp3) is 0.414. The maximum atomic E-state index is 12.8. The maximum absolute atomic E-state index is 12.8. The van der Waals surface area contributed by atoms with Gasteiger partial charge in [0.2, 0.25) is 5.89 Å². The second-order valence-corrected chi connectivity index (χ2v) is 10.1. The van der Waals surface area contributed by atoms with Gasteiger partial charge in [0.05, 0.1) is 32.5 Å². The molecular weight excluding hydrogens is 472 g/mol. The minimum atomic E-state index is -0.590. The summed E-state index contributed by atoms with van der Waals surface area (Å²) in [6.45, 7) is 8.63. The van der Waals surface area contributed by atoms with Gasteiger partial charge in [-0.2, -0.15) is 0 Å². The number of nitrogens with zero attached hydrogens (tertiary/aromatic N) is 2. The lowest BCUT2D eigenvalue weighted by molar-refractivity contribution is -0.140. The van der Waals surface area contributed by atoms with Gasteiger partial charge in [0.15, 0.2) is 0 Å². The average Bonchev–Trinajstić information content (AvgIpc) is 3.47. The molecule has 1 aliphatic heterocycles. The zero-order valence-corrected chi connectivity index (χ0v) is 22.1. The summed E-state index contributed by atoms with van der Waals surface area (Å²) in [7, 11) is 1.38. The summed E-state index contributed by atoms with van der Waals surface area (Å²) in [5.74, 6) is 1.81. The van der Waals surface area contributed by atoms with E-state index >= 15 is 0 Å². The fourth-order valence-electron chi connectivity index (χ4n) is 4.31. The van der Waals surface area contributed by atoms with Crippen molar-refractivity contribution in [2.75, 3.05) is 13.7 Å². The molecule has 0 N–H and O–H groups in total. The summed E-state index contributed by atoms with van der Waals surface area (Å²) in [6.07, 6.45) is 1.000. The number of rotatable bonds is 8. The molecule has 0 spiro atoms. The van der Waals surface area contributed by atoms with Crippen LogP contribution in [-0.2, 0) is 40.2 Å². The molecule has 0 atom stereocenters. The van der Waals surface area contributed by atoms with Crippen LogP contribution < -0.4 is 4.74 Å². The number of fused-ring (bicyclic) bond motifs is 1. The molecule has 196 valence electrons. The van der Waals surface area contributed by atoms with Crippen molar-refractivity contribution >= 4 is 12.1 Å². The Morgan fingerprint density at radius 2 is 1.76 bits per heavy atom. The van der Waals surface area contributed by atoms with Crippen molar-refractivity contribution in [2.24, 2.45) is 0 Å². The predicted molar refractivity (Wildman–Crippen MR) is 138 cm³/mol. The van der Waals surface area contributed by atoms with Gasteiger partial charge in [-0.05, 0) is 63.4 Å². The molecule has 0 unspecified atom stereocenters. The molecule has 8 heteroatoms. The van der Waals surface area contributed by atoms with E-state index in [0.29, 0.717) is 44.2 Å². The van der Waals surface area contributed by atoms with Crippen LogP contribution >= 0.6 is 0 Å².